The highest BCUT2D eigenvalue weighted by molar-refractivity contribution is 7.10. The fraction of sp³-hybridized carbons (Fsp3) is 0.182. The van der Waals surface area contributed by atoms with Crippen LogP contribution in [0.15, 0.2) is 72.1 Å². The lowest BCUT2D eigenvalue weighted by atomic mass is 10.0. The molecule has 144 valence electrons. The molecule has 0 fully saturated rings. The number of hydrogen-bond acceptors (Lipinski definition) is 3. The first kappa shape index (κ1) is 19.8. The van der Waals surface area contributed by atoms with Crippen LogP contribution in [0.3, 0.4) is 0 Å². The Labute approximate surface area is 168 Å². The van der Waals surface area contributed by atoms with E-state index in [0.717, 1.165) is 12.0 Å². The maximum Gasteiger partial charge on any atom is 0.326 e. The molecule has 0 saturated heterocycles. The zero-order valence-electron chi connectivity index (χ0n) is 15.7. The third-order valence-corrected chi connectivity index (χ3v) is 5.38. The predicted molar refractivity (Wildman–Crippen MR) is 112 cm³/mol. The summed E-state index contributed by atoms with van der Waals surface area (Å²) in [7, 11) is 0. The monoisotopic (exact) mass is 394 g/mol. The van der Waals surface area contributed by atoms with Crippen LogP contribution in [0, 0.1) is 0 Å². The lowest BCUT2D eigenvalue weighted by molar-refractivity contribution is -0.676. The molecule has 0 aliphatic rings. The Bertz CT molecular complexity index is 893. The number of anilines is 1. The molecular weight excluding hydrogens is 370 g/mol. The first-order valence-electron chi connectivity index (χ1n) is 9.27. The molecule has 0 saturated carbocycles. The summed E-state index contributed by atoms with van der Waals surface area (Å²) >= 11 is 1.66. The van der Waals surface area contributed by atoms with E-state index < -0.39 is 6.03 Å². The van der Waals surface area contributed by atoms with E-state index in [0.29, 0.717) is 5.69 Å². The molecule has 0 aliphatic heterocycles. The maximum absolute atomic E-state index is 12.2. The van der Waals surface area contributed by atoms with Crippen molar-refractivity contribution in [3.05, 3.63) is 88.1 Å². The van der Waals surface area contributed by atoms with Gasteiger partial charge in [-0.25, -0.2) is 4.79 Å². The lowest BCUT2D eigenvalue weighted by Gasteiger charge is -2.15. The molecule has 1 aromatic heterocycles. The number of carbonyl (C=O) groups excluding carboxylic acids is 2. The van der Waals surface area contributed by atoms with E-state index in [1.807, 2.05) is 35.0 Å². The van der Waals surface area contributed by atoms with E-state index in [4.69, 9.17) is 0 Å². The fourth-order valence-corrected chi connectivity index (χ4v) is 3.78. The summed E-state index contributed by atoms with van der Waals surface area (Å²) in [6, 6.07) is 21.1. The van der Waals surface area contributed by atoms with Gasteiger partial charge in [-0.15, -0.1) is 11.3 Å². The van der Waals surface area contributed by atoms with Gasteiger partial charge in [-0.3, -0.25) is 10.1 Å². The number of hydrogen-bond donors (Lipinski definition) is 3. The van der Waals surface area contributed by atoms with Gasteiger partial charge in [0.05, 0.1) is 4.88 Å². The highest BCUT2D eigenvalue weighted by atomic mass is 32.1. The normalized spacial score (nSPS) is 11.6. The number of benzene rings is 2. The standard InChI is InChI=1S/C22H23N3O2S/c1-2-16-10-12-17(13-11-16)21(19-9-6-14-28-19)23-15-20(26)25-22(27)24-18-7-4-3-5-8-18/h3-14,21,23H,2,15H2,1H3,(H2,24,25,26,27)/p+1/t21-/m1/s1. The number of nitrogens with two attached hydrogens (primary N) is 1. The van der Waals surface area contributed by atoms with E-state index in [1.54, 1.807) is 23.5 Å². The Morgan fingerprint density at radius 2 is 1.75 bits per heavy atom. The number of para-hydroxylation sites is 1. The van der Waals surface area contributed by atoms with Crippen LogP contribution in [-0.2, 0) is 11.2 Å². The average Bonchev–Trinajstić information content (AvgIpc) is 3.24. The molecule has 28 heavy (non-hydrogen) atoms. The van der Waals surface area contributed by atoms with Gasteiger partial charge in [0, 0.05) is 11.3 Å². The van der Waals surface area contributed by atoms with Gasteiger partial charge in [0.25, 0.3) is 5.91 Å². The summed E-state index contributed by atoms with van der Waals surface area (Å²) in [5.74, 6) is -0.333. The molecule has 0 radical (unpaired) electrons. The Kier molecular flexibility index (Phi) is 6.94. The van der Waals surface area contributed by atoms with E-state index in [9.17, 15) is 9.59 Å². The molecule has 0 spiro atoms. The van der Waals surface area contributed by atoms with Crippen molar-refractivity contribution < 1.29 is 14.9 Å². The van der Waals surface area contributed by atoms with Gasteiger partial charge >= 0.3 is 6.03 Å². The Balaban J connectivity index is 1.60. The molecule has 6 heteroatoms. The largest absolute Gasteiger partial charge is 0.328 e. The van der Waals surface area contributed by atoms with Gasteiger partial charge in [0.2, 0.25) is 0 Å². The van der Waals surface area contributed by atoms with Gasteiger partial charge in [-0.2, -0.15) is 0 Å². The highest BCUT2D eigenvalue weighted by Crippen LogP contribution is 2.23. The molecule has 2 aromatic carbocycles. The van der Waals surface area contributed by atoms with E-state index in [-0.39, 0.29) is 18.5 Å². The minimum atomic E-state index is -0.524. The molecule has 0 bridgehead atoms. The van der Waals surface area contributed by atoms with Crippen LogP contribution in [-0.4, -0.2) is 18.5 Å². The van der Waals surface area contributed by atoms with Crippen molar-refractivity contribution >= 4 is 29.0 Å². The van der Waals surface area contributed by atoms with Gasteiger partial charge < -0.3 is 10.6 Å². The van der Waals surface area contributed by atoms with Crippen molar-refractivity contribution in [2.24, 2.45) is 0 Å². The first-order valence-corrected chi connectivity index (χ1v) is 10.1. The van der Waals surface area contributed by atoms with Crippen LogP contribution in [0.25, 0.3) is 0 Å². The lowest BCUT2D eigenvalue weighted by Crippen LogP contribution is -2.87. The second-order valence-corrected chi connectivity index (χ2v) is 7.38. The van der Waals surface area contributed by atoms with Crippen LogP contribution in [0.2, 0.25) is 0 Å². The van der Waals surface area contributed by atoms with Crippen LogP contribution in [0.5, 0.6) is 0 Å². The molecule has 1 atom stereocenters. The summed E-state index contributed by atoms with van der Waals surface area (Å²) in [6.45, 7) is 2.28. The highest BCUT2D eigenvalue weighted by Gasteiger charge is 2.20. The van der Waals surface area contributed by atoms with Crippen LogP contribution >= 0.6 is 11.3 Å². The summed E-state index contributed by atoms with van der Waals surface area (Å²) in [5.41, 5.74) is 3.06. The van der Waals surface area contributed by atoms with Gasteiger partial charge in [-0.05, 0) is 35.6 Å². The number of amides is 3. The second-order valence-electron chi connectivity index (χ2n) is 6.40. The molecule has 5 nitrogen and oxygen atoms in total. The molecule has 0 unspecified atom stereocenters. The molecular formula is C22H24N3O2S+. The van der Waals surface area contributed by atoms with Gasteiger partial charge in [0.15, 0.2) is 6.54 Å². The topological polar surface area (TPSA) is 74.8 Å². The molecule has 3 amide bonds. The summed E-state index contributed by atoms with van der Waals surface area (Å²) in [4.78, 5) is 25.4. The summed E-state index contributed by atoms with van der Waals surface area (Å²) in [6.07, 6.45) is 0.993. The molecule has 3 aromatic rings. The SMILES string of the molecule is CCc1ccc([C@@H]([NH2+]CC(=O)NC(=O)Nc2ccccc2)c2cccs2)cc1. The fourth-order valence-electron chi connectivity index (χ4n) is 2.93. The number of quaternary nitrogens is 1. The third kappa shape index (κ3) is 5.52. The third-order valence-electron chi connectivity index (χ3n) is 4.42. The minimum absolute atomic E-state index is 0.0221. The number of urea groups is 1. The molecule has 0 aliphatic carbocycles. The zero-order chi connectivity index (χ0) is 19.8. The minimum Gasteiger partial charge on any atom is -0.328 e. The first-order chi connectivity index (χ1) is 13.7. The Hall–Kier alpha value is -2.96. The smallest absolute Gasteiger partial charge is 0.326 e. The zero-order valence-corrected chi connectivity index (χ0v) is 16.5. The van der Waals surface area contributed by atoms with E-state index in [1.165, 1.54) is 10.4 Å². The predicted octanol–water partition coefficient (Wildman–Crippen LogP) is 3.31. The number of aryl methyl sites for hydroxylation is 1. The number of nitrogens with one attached hydrogen (secondary N) is 2. The van der Waals surface area contributed by atoms with Gasteiger partial charge in [0.1, 0.15) is 6.04 Å². The van der Waals surface area contributed by atoms with Crippen molar-refractivity contribution in [2.45, 2.75) is 19.4 Å². The van der Waals surface area contributed by atoms with E-state index in [2.05, 4.69) is 47.9 Å². The molecule has 3 rings (SSSR count). The summed E-state index contributed by atoms with van der Waals surface area (Å²) < 4.78 is 0. The van der Waals surface area contributed by atoms with Crippen molar-refractivity contribution in [3.63, 3.8) is 0 Å². The van der Waals surface area contributed by atoms with E-state index >= 15 is 0 Å². The van der Waals surface area contributed by atoms with Crippen molar-refractivity contribution in [1.82, 2.24) is 5.32 Å². The maximum atomic E-state index is 12.2. The average molecular weight is 395 g/mol. The summed E-state index contributed by atoms with van der Waals surface area (Å²) in [5, 5.41) is 9.02. The Morgan fingerprint density at radius 3 is 2.39 bits per heavy atom. The quantitative estimate of drug-likeness (QED) is 0.575. The Morgan fingerprint density at radius 1 is 1.00 bits per heavy atom. The number of carbonyl (C=O) groups is 2. The number of rotatable bonds is 7. The number of imide groups is 1. The molecule has 4 N–H and O–H groups in total. The van der Waals surface area contributed by atoms with Crippen LogP contribution in [0.4, 0.5) is 10.5 Å². The van der Waals surface area contributed by atoms with Crippen molar-refractivity contribution in [2.75, 3.05) is 11.9 Å². The van der Waals surface area contributed by atoms with Crippen molar-refractivity contribution in [1.29, 1.82) is 0 Å². The van der Waals surface area contributed by atoms with Gasteiger partial charge in [-0.1, -0.05) is 55.5 Å². The molecule has 1 heterocycles. The second kappa shape index (κ2) is 9.82. The van der Waals surface area contributed by atoms with Crippen molar-refractivity contribution in [3.8, 4) is 0 Å². The van der Waals surface area contributed by atoms with Crippen LogP contribution < -0.4 is 16.0 Å². The van der Waals surface area contributed by atoms with Crippen LogP contribution in [0.1, 0.15) is 29.0 Å². The number of thiophene rings is 1.